The fourth-order valence-electron chi connectivity index (χ4n) is 5.46. The summed E-state index contributed by atoms with van der Waals surface area (Å²) in [5, 5.41) is 4.03. The van der Waals surface area contributed by atoms with Gasteiger partial charge in [-0.1, -0.05) is 115 Å². The molecular weight excluding hydrogens is 442 g/mol. The summed E-state index contributed by atoms with van der Waals surface area (Å²) in [6, 6.07) is 36.0. The third-order valence-corrected chi connectivity index (χ3v) is 7.07. The molecule has 1 N–H and O–H groups in total. The van der Waals surface area contributed by atoms with E-state index in [1.54, 1.807) is 6.08 Å². The van der Waals surface area contributed by atoms with E-state index in [2.05, 4.69) is 116 Å². The molecule has 3 nitrogen and oxygen atoms in total. The minimum absolute atomic E-state index is 0.228. The standard InChI is InChI=1S/C33H31NO2/c1-4-32(36-24(3)35)31(22-25-20-18-23(2)19-21-25)34-33(26-12-6-5-7-13-26)29-16-10-8-14-27(29)28-15-9-11-17-30(28)33/h4-21,31-32,34H,1,22H2,2-3H3/t31-,32+/m0/s1. The number of nitrogens with one attached hydrogen (secondary N) is 1. The average Bonchev–Trinajstić information content (AvgIpc) is 3.19. The molecule has 0 saturated heterocycles. The van der Waals surface area contributed by atoms with Crippen molar-refractivity contribution in [3.05, 3.63) is 144 Å². The molecule has 36 heavy (non-hydrogen) atoms. The van der Waals surface area contributed by atoms with Crippen LogP contribution in [0.3, 0.4) is 0 Å². The highest BCUT2D eigenvalue weighted by atomic mass is 16.5. The smallest absolute Gasteiger partial charge is 0.303 e. The van der Waals surface area contributed by atoms with Crippen LogP contribution in [0.2, 0.25) is 0 Å². The first kappa shape index (κ1) is 23.8. The van der Waals surface area contributed by atoms with Gasteiger partial charge in [-0.05, 0) is 52.8 Å². The summed E-state index contributed by atoms with van der Waals surface area (Å²) in [5.74, 6) is -0.323. The van der Waals surface area contributed by atoms with E-state index < -0.39 is 11.6 Å². The first-order chi connectivity index (χ1) is 17.5. The topological polar surface area (TPSA) is 38.3 Å². The van der Waals surface area contributed by atoms with Crippen molar-refractivity contribution in [3.8, 4) is 11.1 Å². The van der Waals surface area contributed by atoms with Gasteiger partial charge in [-0.3, -0.25) is 10.1 Å². The maximum absolute atomic E-state index is 12.1. The van der Waals surface area contributed by atoms with E-state index in [1.807, 2.05) is 6.07 Å². The summed E-state index contributed by atoms with van der Waals surface area (Å²) in [4.78, 5) is 12.1. The number of aryl methyl sites for hydroxylation is 1. The number of ether oxygens (including phenoxy) is 1. The van der Waals surface area contributed by atoms with Gasteiger partial charge in [0.15, 0.2) is 0 Å². The van der Waals surface area contributed by atoms with E-state index in [0.29, 0.717) is 6.42 Å². The van der Waals surface area contributed by atoms with Crippen molar-refractivity contribution in [2.45, 2.75) is 38.0 Å². The highest BCUT2D eigenvalue weighted by Crippen LogP contribution is 2.51. The summed E-state index contributed by atoms with van der Waals surface area (Å²) >= 11 is 0. The van der Waals surface area contributed by atoms with E-state index in [-0.39, 0.29) is 12.0 Å². The number of carbonyl (C=O) groups is 1. The minimum atomic E-state index is -0.620. The fraction of sp³-hybridized carbons (Fsp3) is 0.182. The lowest BCUT2D eigenvalue weighted by molar-refractivity contribution is -0.145. The lowest BCUT2D eigenvalue weighted by Gasteiger charge is -2.39. The summed E-state index contributed by atoms with van der Waals surface area (Å²) in [6.07, 6.45) is 1.89. The Bertz CT molecular complexity index is 1330. The number of benzene rings is 4. The van der Waals surface area contributed by atoms with Gasteiger partial charge in [-0.15, -0.1) is 0 Å². The molecule has 0 amide bonds. The largest absolute Gasteiger partial charge is 0.457 e. The van der Waals surface area contributed by atoms with Crippen molar-refractivity contribution in [2.24, 2.45) is 0 Å². The van der Waals surface area contributed by atoms with Crippen LogP contribution in [0.4, 0.5) is 0 Å². The molecule has 0 heterocycles. The van der Waals surface area contributed by atoms with Crippen molar-refractivity contribution in [1.82, 2.24) is 5.32 Å². The van der Waals surface area contributed by atoms with E-state index in [1.165, 1.54) is 40.3 Å². The summed E-state index contributed by atoms with van der Waals surface area (Å²) in [5.41, 5.74) is 7.70. The molecule has 0 aliphatic heterocycles. The van der Waals surface area contributed by atoms with Crippen LogP contribution in [0, 0.1) is 6.92 Å². The van der Waals surface area contributed by atoms with Crippen LogP contribution < -0.4 is 5.32 Å². The van der Waals surface area contributed by atoms with Crippen LogP contribution in [0.1, 0.15) is 34.7 Å². The Morgan fingerprint density at radius 3 is 1.97 bits per heavy atom. The fourth-order valence-corrected chi connectivity index (χ4v) is 5.46. The van der Waals surface area contributed by atoms with Crippen LogP contribution >= 0.6 is 0 Å². The van der Waals surface area contributed by atoms with Crippen LogP contribution in [-0.4, -0.2) is 18.1 Å². The molecule has 3 heteroatoms. The zero-order valence-corrected chi connectivity index (χ0v) is 20.8. The van der Waals surface area contributed by atoms with Crippen molar-refractivity contribution in [2.75, 3.05) is 0 Å². The Kier molecular flexibility index (Phi) is 6.58. The van der Waals surface area contributed by atoms with Crippen molar-refractivity contribution >= 4 is 5.97 Å². The van der Waals surface area contributed by atoms with Gasteiger partial charge in [0.2, 0.25) is 0 Å². The first-order valence-corrected chi connectivity index (χ1v) is 12.4. The van der Waals surface area contributed by atoms with E-state index in [9.17, 15) is 4.79 Å². The number of carbonyl (C=O) groups excluding carboxylic acids is 1. The third-order valence-electron chi connectivity index (χ3n) is 7.07. The molecule has 1 aliphatic rings. The van der Waals surface area contributed by atoms with Crippen molar-refractivity contribution < 1.29 is 9.53 Å². The second-order valence-electron chi connectivity index (χ2n) is 9.46. The van der Waals surface area contributed by atoms with E-state index >= 15 is 0 Å². The Balaban J connectivity index is 1.70. The van der Waals surface area contributed by atoms with Crippen molar-refractivity contribution in [1.29, 1.82) is 0 Å². The van der Waals surface area contributed by atoms with Gasteiger partial charge in [0, 0.05) is 6.92 Å². The Hall–Kier alpha value is -3.95. The minimum Gasteiger partial charge on any atom is -0.457 e. The van der Waals surface area contributed by atoms with E-state index in [4.69, 9.17) is 4.74 Å². The van der Waals surface area contributed by atoms with Gasteiger partial charge < -0.3 is 4.74 Å². The SMILES string of the molecule is C=C[C@@H](OC(C)=O)[C@H](Cc1ccc(C)cc1)NC1(c2ccccc2)c2ccccc2-c2ccccc21. The molecule has 180 valence electrons. The predicted molar refractivity (Wildman–Crippen MR) is 146 cm³/mol. The molecule has 4 aromatic carbocycles. The highest BCUT2D eigenvalue weighted by Gasteiger charge is 2.46. The summed E-state index contributed by atoms with van der Waals surface area (Å²) in [7, 11) is 0. The van der Waals surface area contributed by atoms with Gasteiger partial charge >= 0.3 is 5.97 Å². The lowest BCUT2D eigenvalue weighted by Crippen LogP contribution is -2.54. The number of hydrogen-bond donors (Lipinski definition) is 1. The first-order valence-electron chi connectivity index (χ1n) is 12.4. The molecule has 5 rings (SSSR count). The number of esters is 1. The monoisotopic (exact) mass is 473 g/mol. The number of rotatable bonds is 8. The van der Waals surface area contributed by atoms with Gasteiger partial charge in [0.25, 0.3) is 0 Å². The van der Waals surface area contributed by atoms with Gasteiger partial charge in [-0.25, -0.2) is 0 Å². The number of fused-ring (bicyclic) bond motifs is 3. The summed E-state index contributed by atoms with van der Waals surface area (Å²) < 4.78 is 5.81. The molecule has 4 aromatic rings. The molecule has 0 unspecified atom stereocenters. The normalized spacial score (nSPS) is 14.8. The highest BCUT2D eigenvalue weighted by molar-refractivity contribution is 5.83. The van der Waals surface area contributed by atoms with Gasteiger partial charge in [0.05, 0.1) is 11.6 Å². The van der Waals surface area contributed by atoms with Crippen LogP contribution in [-0.2, 0) is 21.5 Å². The maximum Gasteiger partial charge on any atom is 0.303 e. The maximum atomic E-state index is 12.1. The number of hydrogen-bond acceptors (Lipinski definition) is 3. The van der Waals surface area contributed by atoms with Crippen molar-refractivity contribution in [3.63, 3.8) is 0 Å². The molecule has 0 saturated carbocycles. The van der Waals surface area contributed by atoms with Gasteiger partial charge in [0.1, 0.15) is 6.10 Å². The second-order valence-corrected chi connectivity index (χ2v) is 9.46. The molecule has 0 bridgehead atoms. The molecule has 0 radical (unpaired) electrons. The molecule has 0 aromatic heterocycles. The van der Waals surface area contributed by atoms with Gasteiger partial charge in [-0.2, -0.15) is 0 Å². The molecule has 0 spiro atoms. The van der Waals surface area contributed by atoms with Crippen LogP contribution in [0.5, 0.6) is 0 Å². The quantitative estimate of drug-likeness (QED) is 0.232. The lowest BCUT2D eigenvalue weighted by atomic mass is 9.79. The average molecular weight is 474 g/mol. The molecule has 1 aliphatic carbocycles. The Morgan fingerprint density at radius 2 is 1.42 bits per heavy atom. The van der Waals surface area contributed by atoms with Crippen LogP contribution in [0.15, 0.2) is 116 Å². The van der Waals surface area contributed by atoms with E-state index in [0.717, 1.165) is 5.56 Å². The zero-order chi connectivity index (χ0) is 25.1. The molecule has 0 fully saturated rings. The third kappa shape index (κ3) is 4.27. The molecule has 2 atom stereocenters. The zero-order valence-electron chi connectivity index (χ0n) is 20.8. The second kappa shape index (κ2) is 9.96. The Labute approximate surface area is 213 Å². The van der Waals surface area contributed by atoms with Crippen LogP contribution in [0.25, 0.3) is 11.1 Å². The predicted octanol–water partition coefficient (Wildman–Crippen LogP) is 6.59. The summed E-state index contributed by atoms with van der Waals surface area (Å²) in [6.45, 7) is 7.57. The molecular formula is C33H31NO2. The Morgan fingerprint density at radius 1 is 0.861 bits per heavy atom.